The van der Waals surface area contributed by atoms with E-state index in [-0.39, 0.29) is 41.3 Å². The number of thiophene rings is 1. The number of nitrogens with zero attached hydrogens (tertiary/aromatic N) is 2. The zero-order valence-electron chi connectivity index (χ0n) is 20.5. The summed E-state index contributed by atoms with van der Waals surface area (Å²) in [5.74, 6) is 0.0840. The number of carbonyl (C=O) groups is 2. The van der Waals surface area contributed by atoms with Crippen LogP contribution in [0.4, 0.5) is 5.69 Å². The molecular weight excluding hydrogens is 568 g/mol. The van der Waals surface area contributed by atoms with Crippen molar-refractivity contribution in [2.45, 2.75) is 25.7 Å². The van der Waals surface area contributed by atoms with Crippen molar-refractivity contribution in [2.24, 2.45) is 0 Å². The van der Waals surface area contributed by atoms with Gasteiger partial charge in [0.25, 0.3) is 11.6 Å². The number of carbonyl (C=O) groups excluding carboxylic acids is 2. The fraction of sp³-hybridized carbons (Fsp3) is 0.241. The van der Waals surface area contributed by atoms with Crippen LogP contribution < -0.4 is 4.74 Å². The maximum atomic E-state index is 13.3. The Morgan fingerprint density at radius 2 is 1.79 bits per heavy atom. The predicted molar refractivity (Wildman–Crippen MR) is 151 cm³/mol. The Balaban J connectivity index is 1.35. The van der Waals surface area contributed by atoms with Gasteiger partial charge in [-0.2, -0.15) is 0 Å². The van der Waals surface area contributed by atoms with Gasteiger partial charge in [-0.1, -0.05) is 30.3 Å². The summed E-state index contributed by atoms with van der Waals surface area (Å²) in [6.07, 6.45) is 4.61. The van der Waals surface area contributed by atoms with E-state index in [2.05, 4.69) is 22.0 Å². The summed E-state index contributed by atoms with van der Waals surface area (Å²) in [6.45, 7) is 0.154. The smallest absolute Gasteiger partial charge is 0.284 e. The summed E-state index contributed by atoms with van der Waals surface area (Å²) in [5, 5.41) is 12.6. The third-order valence-electron chi connectivity index (χ3n) is 6.67. The molecule has 1 heterocycles. The number of ether oxygens (including phenoxy) is 1. The van der Waals surface area contributed by atoms with Crippen molar-refractivity contribution in [1.29, 1.82) is 0 Å². The molecule has 0 atom stereocenters. The summed E-state index contributed by atoms with van der Waals surface area (Å²) in [6, 6.07) is 19.0. The van der Waals surface area contributed by atoms with Gasteiger partial charge in [-0.3, -0.25) is 19.7 Å². The monoisotopic (exact) mass is 592 g/mol. The second-order valence-electron chi connectivity index (χ2n) is 9.13. The Morgan fingerprint density at radius 3 is 2.58 bits per heavy atom. The highest BCUT2D eigenvalue weighted by atomic mass is 79.9. The fourth-order valence-electron chi connectivity index (χ4n) is 4.74. The van der Waals surface area contributed by atoms with Crippen LogP contribution in [0.1, 0.15) is 44.0 Å². The highest BCUT2D eigenvalue weighted by Gasteiger charge is 2.23. The van der Waals surface area contributed by atoms with Crippen LogP contribution in [-0.2, 0) is 12.8 Å². The second-order valence-corrected chi connectivity index (χ2v) is 11.1. The number of hydrogen-bond donors (Lipinski definition) is 0. The highest BCUT2D eigenvalue weighted by Crippen LogP contribution is 2.40. The lowest BCUT2D eigenvalue weighted by Gasteiger charge is -2.22. The van der Waals surface area contributed by atoms with E-state index in [1.807, 2.05) is 18.2 Å². The Hall–Kier alpha value is -3.56. The minimum absolute atomic E-state index is 0.167. The maximum Gasteiger partial charge on any atom is 0.284 e. The molecule has 1 amide bonds. The van der Waals surface area contributed by atoms with Crippen molar-refractivity contribution < 1.29 is 19.2 Å². The number of benzene rings is 3. The van der Waals surface area contributed by atoms with Crippen LogP contribution in [0, 0.1) is 10.1 Å². The van der Waals surface area contributed by atoms with Gasteiger partial charge in [0.05, 0.1) is 27.2 Å². The first-order valence-corrected chi connectivity index (χ1v) is 14.0. The van der Waals surface area contributed by atoms with Gasteiger partial charge in [-0.05, 0) is 82.9 Å². The van der Waals surface area contributed by atoms with Crippen molar-refractivity contribution in [1.82, 2.24) is 4.90 Å². The fourth-order valence-corrected chi connectivity index (χ4v) is 6.49. The number of rotatable bonds is 9. The molecule has 9 heteroatoms. The number of hydrogen-bond acceptors (Lipinski definition) is 6. The molecule has 38 heavy (non-hydrogen) atoms. The molecule has 5 rings (SSSR count). The molecule has 0 spiro atoms. The molecule has 0 aliphatic heterocycles. The van der Waals surface area contributed by atoms with E-state index in [0.717, 1.165) is 23.3 Å². The standard InChI is InChI=1S/C29H25BrN2O5S/c30-23-14-13-20(17-24(23)32(35)36)25(33)18-31(29(34)19-7-2-1-3-8-19)15-16-37-26-11-6-10-22-21-9-4-5-12-27(21)38-28(22)26/h1-3,6-8,10-11,13-14,17H,4-5,9,12,15-16,18H2. The van der Waals surface area contributed by atoms with Crippen molar-refractivity contribution in [3.05, 3.63) is 103 Å². The van der Waals surface area contributed by atoms with Gasteiger partial charge >= 0.3 is 0 Å². The minimum Gasteiger partial charge on any atom is -0.490 e. The quantitative estimate of drug-likeness (QED) is 0.120. The normalized spacial score (nSPS) is 12.7. The van der Waals surface area contributed by atoms with Crippen LogP contribution in [0.5, 0.6) is 5.75 Å². The third-order valence-corrected chi connectivity index (χ3v) is 8.67. The van der Waals surface area contributed by atoms with E-state index in [1.54, 1.807) is 35.6 Å². The van der Waals surface area contributed by atoms with Crippen LogP contribution >= 0.6 is 27.3 Å². The Morgan fingerprint density at radius 1 is 1.00 bits per heavy atom. The first kappa shape index (κ1) is 26.1. The van der Waals surface area contributed by atoms with E-state index in [4.69, 9.17) is 4.74 Å². The van der Waals surface area contributed by atoms with Gasteiger partial charge in [0.15, 0.2) is 5.78 Å². The first-order chi connectivity index (χ1) is 18.4. The molecule has 0 radical (unpaired) electrons. The van der Waals surface area contributed by atoms with Crippen molar-refractivity contribution in [3.63, 3.8) is 0 Å². The van der Waals surface area contributed by atoms with E-state index in [0.29, 0.717) is 5.56 Å². The number of amides is 1. The molecule has 4 aromatic rings. The Labute approximate surface area is 232 Å². The van der Waals surface area contributed by atoms with Gasteiger partial charge in [-0.15, -0.1) is 11.3 Å². The molecular formula is C29H25BrN2O5S. The number of fused-ring (bicyclic) bond motifs is 3. The van der Waals surface area contributed by atoms with Crippen LogP contribution in [-0.4, -0.2) is 41.2 Å². The largest absolute Gasteiger partial charge is 0.490 e. The molecule has 0 fully saturated rings. The number of nitro groups is 1. The van der Waals surface area contributed by atoms with Crippen LogP contribution in [0.25, 0.3) is 10.1 Å². The van der Waals surface area contributed by atoms with Gasteiger partial charge in [0.2, 0.25) is 0 Å². The number of halogens is 1. The topological polar surface area (TPSA) is 89.8 Å². The Bertz CT molecular complexity index is 1520. The average Bonchev–Trinajstić information content (AvgIpc) is 3.32. The van der Waals surface area contributed by atoms with Crippen molar-refractivity contribution in [3.8, 4) is 5.75 Å². The lowest BCUT2D eigenvalue weighted by atomic mass is 9.96. The van der Waals surface area contributed by atoms with Crippen molar-refractivity contribution >= 4 is 54.7 Å². The van der Waals surface area contributed by atoms with Crippen LogP contribution in [0.2, 0.25) is 0 Å². The van der Waals surface area contributed by atoms with E-state index >= 15 is 0 Å². The lowest BCUT2D eigenvalue weighted by Crippen LogP contribution is -2.38. The zero-order valence-corrected chi connectivity index (χ0v) is 22.9. The molecule has 7 nitrogen and oxygen atoms in total. The number of ketones is 1. The number of nitro benzene ring substituents is 1. The summed E-state index contributed by atoms with van der Waals surface area (Å²) in [5.41, 5.74) is 1.85. The maximum absolute atomic E-state index is 13.3. The molecule has 0 bridgehead atoms. The molecule has 0 unspecified atom stereocenters. The number of Topliss-reactive ketones (excluding diaryl/α,β-unsaturated/α-hetero) is 1. The third kappa shape index (κ3) is 5.49. The SMILES string of the molecule is O=C(CN(CCOc1cccc2c3c(sc12)CCCC3)C(=O)c1ccccc1)c1ccc(Br)c([N+](=O)[O-])c1. The van der Waals surface area contributed by atoms with E-state index < -0.39 is 10.7 Å². The summed E-state index contributed by atoms with van der Waals surface area (Å²) >= 11 is 4.93. The van der Waals surface area contributed by atoms with Crippen LogP contribution in [0.15, 0.2) is 71.2 Å². The number of aryl methyl sites for hydroxylation is 2. The molecule has 0 saturated heterocycles. The van der Waals surface area contributed by atoms with Gasteiger partial charge in [0, 0.05) is 22.1 Å². The van der Waals surface area contributed by atoms with E-state index in [1.165, 1.54) is 51.8 Å². The highest BCUT2D eigenvalue weighted by molar-refractivity contribution is 9.10. The predicted octanol–water partition coefficient (Wildman–Crippen LogP) is 6.85. The Kier molecular flexibility index (Phi) is 7.85. The van der Waals surface area contributed by atoms with Crippen LogP contribution in [0.3, 0.4) is 0 Å². The molecule has 0 saturated carbocycles. The average molecular weight is 593 g/mol. The molecule has 1 aromatic heterocycles. The molecule has 1 aliphatic carbocycles. The summed E-state index contributed by atoms with van der Waals surface area (Å²) < 4.78 is 7.59. The van der Waals surface area contributed by atoms with Gasteiger partial charge < -0.3 is 9.64 Å². The lowest BCUT2D eigenvalue weighted by molar-refractivity contribution is -0.385. The zero-order chi connectivity index (χ0) is 26.6. The molecule has 1 aliphatic rings. The van der Waals surface area contributed by atoms with Gasteiger partial charge in [0.1, 0.15) is 12.4 Å². The van der Waals surface area contributed by atoms with E-state index in [9.17, 15) is 19.7 Å². The molecule has 0 N–H and O–H groups in total. The molecule has 194 valence electrons. The first-order valence-electron chi connectivity index (χ1n) is 12.4. The van der Waals surface area contributed by atoms with Crippen molar-refractivity contribution in [2.75, 3.05) is 19.7 Å². The second kappa shape index (κ2) is 11.4. The minimum atomic E-state index is -0.551. The van der Waals surface area contributed by atoms with Gasteiger partial charge in [-0.25, -0.2) is 0 Å². The summed E-state index contributed by atoms with van der Waals surface area (Å²) in [7, 11) is 0. The molecule has 3 aromatic carbocycles. The summed E-state index contributed by atoms with van der Waals surface area (Å²) in [4.78, 5) is 40.1.